The van der Waals surface area contributed by atoms with E-state index in [9.17, 15) is 0 Å². The van der Waals surface area contributed by atoms with Crippen LogP contribution < -0.4 is 4.57 Å². The maximum Gasteiger partial charge on any atom is 0.298 e. The highest BCUT2D eigenvalue weighted by molar-refractivity contribution is 6.12. The zero-order valence-corrected chi connectivity index (χ0v) is 17.8. The van der Waals surface area contributed by atoms with Gasteiger partial charge in [0, 0.05) is 10.8 Å². The highest BCUT2D eigenvalue weighted by atomic mass is 16.3. The van der Waals surface area contributed by atoms with Crippen LogP contribution in [0.25, 0.3) is 54.9 Å². The summed E-state index contributed by atoms with van der Waals surface area (Å²) < 4.78 is 11.0. The molecule has 0 atom stereocenters. The molecule has 0 fully saturated rings. The van der Waals surface area contributed by atoms with Crippen LogP contribution in [-0.4, -0.2) is 4.57 Å². The molecular weight excluding hydrogens is 394 g/mol. The first-order valence-corrected chi connectivity index (χ1v) is 10.6. The van der Waals surface area contributed by atoms with Crippen LogP contribution in [-0.2, 0) is 7.05 Å². The Morgan fingerprint density at radius 3 is 2.38 bits per heavy atom. The summed E-state index contributed by atoms with van der Waals surface area (Å²) in [5.74, 6) is 1.05. The molecule has 32 heavy (non-hydrogen) atoms. The lowest BCUT2D eigenvalue weighted by atomic mass is 10.0. The van der Waals surface area contributed by atoms with E-state index in [1.807, 2.05) is 24.3 Å². The molecule has 0 aliphatic rings. The second kappa shape index (κ2) is 6.83. The van der Waals surface area contributed by atoms with E-state index in [1.54, 1.807) is 0 Å². The van der Waals surface area contributed by atoms with Gasteiger partial charge in [-0.15, -0.1) is 0 Å². The van der Waals surface area contributed by atoms with E-state index in [0.717, 1.165) is 50.0 Å². The van der Waals surface area contributed by atoms with Crippen LogP contribution in [0, 0.1) is 13.5 Å². The van der Waals surface area contributed by atoms with E-state index in [1.165, 1.54) is 0 Å². The lowest BCUT2D eigenvalue weighted by molar-refractivity contribution is -0.633. The monoisotopic (exact) mass is 414 g/mol. The summed E-state index contributed by atoms with van der Waals surface area (Å²) in [7, 11) is 2.10. The Balaban J connectivity index is 1.82. The smallest absolute Gasteiger partial charge is 0.298 e. The van der Waals surface area contributed by atoms with Gasteiger partial charge in [0.25, 0.3) is 5.82 Å². The van der Waals surface area contributed by atoms with Gasteiger partial charge in [0.05, 0.1) is 13.6 Å². The fraction of sp³-hybridized carbons (Fsp3) is 0.0714. The quantitative estimate of drug-likeness (QED) is 0.224. The Kier molecular flexibility index (Phi) is 3.93. The standard InChI is InChI=1S/C28H20N3O/c1-18-16-17-21-20-12-9-13-22(29-2)26(20)32-27(21)25(18)28-30(3)23-14-7-8-15-24(23)31(28)19-10-5-4-6-11-19/h4-17H,1,3H3/q+1. The summed E-state index contributed by atoms with van der Waals surface area (Å²) in [5.41, 5.74) is 7.52. The Bertz CT molecular complexity index is 1700. The molecule has 2 heterocycles. The van der Waals surface area contributed by atoms with Gasteiger partial charge in [-0.05, 0) is 36.8 Å². The van der Waals surface area contributed by atoms with Crippen molar-refractivity contribution in [2.24, 2.45) is 7.05 Å². The molecular formula is C28H20N3O+. The number of hydrogen-bond acceptors (Lipinski definition) is 1. The maximum atomic E-state index is 7.57. The van der Waals surface area contributed by atoms with Crippen molar-refractivity contribution >= 4 is 38.7 Å². The van der Waals surface area contributed by atoms with Crippen molar-refractivity contribution in [3.63, 3.8) is 0 Å². The number of nitrogens with zero attached hydrogens (tertiary/aromatic N) is 3. The number of benzene rings is 4. The number of imidazole rings is 1. The largest absolute Gasteiger partial charge is 0.466 e. The van der Waals surface area contributed by atoms with Crippen LogP contribution in [0.15, 0.2) is 89.3 Å². The van der Waals surface area contributed by atoms with Gasteiger partial charge in [0.2, 0.25) is 5.69 Å². The molecule has 6 aromatic rings. The van der Waals surface area contributed by atoms with Crippen LogP contribution in [0.2, 0.25) is 0 Å². The minimum atomic E-state index is 0.537. The van der Waals surface area contributed by atoms with Crippen LogP contribution in [0.1, 0.15) is 5.56 Å². The van der Waals surface area contributed by atoms with Crippen molar-refractivity contribution in [2.75, 3.05) is 0 Å². The van der Waals surface area contributed by atoms with Gasteiger partial charge in [-0.3, -0.25) is 0 Å². The number of rotatable bonds is 2. The van der Waals surface area contributed by atoms with E-state index in [-0.39, 0.29) is 0 Å². The van der Waals surface area contributed by atoms with Gasteiger partial charge in [-0.25, -0.2) is 9.41 Å². The number of para-hydroxylation sites is 4. The summed E-state index contributed by atoms with van der Waals surface area (Å²) in [6, 6.07) is 28.8. The SMILES string of the molecule is [C-]#[N+]c1cccc2c1oc1c(-c3n(-c4ccccc4)c4ccccc4[n+]3C)c(C)ccc12. The summed E-state index contributed by atoms with van der Waals surface area (Å²) in [4.78, 5) is 3.68. The average Bonchev–Trinajstić information content (AvgIpc) is 3.35. The fourth-order valence-corrected chi connectivity index (χ4v) is 4.74. The average molecular weight is 414 g/mol. The topological polar surface area (TPSA) is 26.3 Å². The molecule has 0 radical (unpaired) electrons. The lowest BCUT2D eigenvalue weighted by Gasteiger charge is -2.07. The minimum absolute atomic E-state index is 0.537. The van der Waals surface area contributed by atoms with Crippen molar-refractivity contribution in [3.05, 3.63) is 102 Å². The maximum absolute atomic E-state index is 7.57. The van der Waals surface area contributed by atoms with Crippen molar-refractivity contribution < 1.29 is 8.98 Å². The van der Waals surface area contributed by atoms with Gasteiger partial charge in [0.1, 0.15) is 22.4 Å². The first-order valence-electron chi connectivity index (χ1n) is 10.6. The number of fused-ring (bicyclic) bond motifs is 4. The number of aryl methyl sites for hydroxylation is 2. The molecule has 0 unspecified atom stereocenters. The summed E-state index contributed by atoms with van der Waals surface area (Å²) in [5, 5.41) is 2.00. The second-order valence-corrected chi connectivity index (χ2v) is 8.04. The molecule has 2 aromatic heterocycles. The van der Waals surface area contributed by atoms with Gasteiger partial charge in [0.15, 0.2) is 11.0 Å². The molecule has 4 aromatic carbocycles. The Labute approximate surface area is 185 Å². The molecule has 4 heteroatoms. The van der Waals surface area contributed by atoms with E-state index in [2.05, 4.69) is 88.6 Å². The molecule has 0 aliphatic heterocycles. The fourth-order valence-electron chi connectivity index (χ4n) is 4.74. The summed E-state index contributed by atoms with van der Waals surface area (Å²) in [6.45, 7) is 9.69. The molecule has 0 spiro atoms. The van der Waals surface area contributed by atoms with Crippen LogP contribution in [0.5, 0.6) is 0 Å². The Morgan fingerprint density at radius 2 is 1.56 bits per heavy atom. The summed E-state index contributed by atoms with van der Waals surface area (Å²) in [6.07, 6.45) is 0. The molecule has 6 rings (SSSR count). The predicted molar refractivity (Wildman–Crippen MR) is 128 cm³/mol. The molecule has 0 bridgehead atoms. The van der Waals surface area contributed by atoms with E-state index in [4.69, 9.17) is 11.0 Å². The molecule has 0 saturated heterocycles. The molecule has 4 nitrogen and oxygen atoms in total. The van der Waals surface area contributed by atoms with Gasteiger partial charge in [-0.1, -0.05) is 60.7 Å². The van der Waals surface area contributed by atoms with Crippen molar-refractivity contribution in [2.45, 2.75) is 6.92 Å². The number of hydrogen-bond donors (Lipinski definition) is 0. The van der Waals surface area contributed by atoms with Crippen LogP contribution in [0.3, 0.4) is 0 Å². The number of aromatic nitrogens is 2. The second-order valence-electron chi connectivity index (χ2n) is 8.04. The van der Waals surface area contributed by atoms with Gasteiger partial charge in [-0.2, -0.15) is 4.57 Å². The minimum Gasteiger partial charge on any atom is -0.466 e. The number of furan rings is 1. The Hall–Kier alpha value is -4.36. The van der Waals surface area contributed by atoms with E-state index >= 15 is 0 Å². The lowest BCUT2D eigenvalue weighted by Crippen LogP contribution is -2.30. The third-order valence-electron chi connectivity index (χ3n) is 6.23. The molecule has 0 N–H and O–H groups in total. The Morgan fingerprint density at radius 1 is 0.812 bits per heavy atom. The molecule has 0 amide bonds. The van der Waals surface area contributed by atoms with E-state index < -0.39 is 0 Å². The van der Waals surface area contributed by atoms with Crippen LogP contribution in [0.4, 0.5) is 5.69 Å². The van der Waals surface area contributed by atoms with Crippen molar-refractivity contribution in [1.29, 1.82) is 0 Å². The molecule has 0 saturated carbocycles. The molecule has 152 valence electrons. The third-order valence-corrected chi connectivity index (χ3v) is 6.23. The normalized spacial score (nSPS) is 11.4. The predicted octanol–water partition coefficient (Wildman–Crippen LogP) is 6.88. The third kappa shape index (κ3) is 2.45. The first kappa shape index (κ1) is 18.4. The van der Waals surface area contributed by atoms with Crippen molar-refractivity contribution in [3.8, 4) is 17.1 Å². The summed E-state index contributed by atoms with van der Waals surface area (Å²) >= 11 is 0. The zero-order valence-electron chi connectivity index (χ0n) is 17.8. The molecule has 0 aliphatic carbocycles. The van der Waals surface area contributed by atoms with Crippen molar-refractivity contribution in [1.82, 2.24) is 4.57 Å². The van der Waals surface area contributed by atoms with Gasteiger partial charge >= 0.3 is 0 Å². The van der Waals surface area contributed by atoms with Gasteiger partial charge < -0.3 is 4.42 Å². The zero-order chi connectivity index (χ0) is 21.8. The van der Waals surface area contributed by atoms with Crippen LogP contribution >= 0.6 is 0 Å². The highest BCUT2D eigenvalue weighted by Crippen LogP contribution is 2.41. The van der Waals surface area contributed by atoms with E-state index in [0.29, 0.717) is 11.3 Å². The highest BCUT2D eigenvalue weighted by Gasteiger charge is 2.30. The first-order chi connectivity index (χ1) is 15.7.